The Balaban J connectivity index is 0.000000277. The summed E-state index contributed by atoms with van der Waals surface area (Å²) in [4.78, 5) is 43.5. The smallest absolute Gasteiger partial charge is 0.410 e. The molecule has 2 unspecified atom stereocenters. The fraction of sp³-hybridized carbons (Fsp3) is 0.642. The van der Waals surface area contributed by atoms with Crippen LogP contribution in [-0.4, -0.2) is 142 Å². The van der Waals surface area contributed by atoms with E-state index in [0.29, 0.717) is 55.9 Å². The SMILES string of the molecule is CC(C)(C)OC(=O)N1CCC(C(CN)N2CCC(c3c[nH]c4ccccc34)CC2)CC1.CC(C)(C)OC(=O)N1CCC(C(CN=[N+]=[N-])N2CCC(c3c[nH]c4ccccc34)CC2)CC1.CCO.[CH3-].[Pd]. The van der Waals surface area contributed by atoms with Crippen molar-refractivity contribution in [3.05, 3.63) is 89.9 Å². The molecular formula is C53H83N10O5Pd-. The molecule has 15 nitrogen and oxygen atoms in total. The van der Waals surface area contributed by atoms with Crippen molar-refractivity contribution in [3.8, 4) is 0 Å². The monoisotopic (exact) mass is 1050 g/mol. The number of amides is 2. The number of aromatic amines is 2. The van der Waals surface area contributed by atoms with E-state index in [0.717, 1.165) is 77.8 Å². The number of carbonyl (C=O) groups is 2. The number of piperidine rings is 4. The maximum absolute atomic E-state index is 12.4. The van der Waals surface area contributed by atoms with Crippen molar-refractivity contribution < 1.29 is 44.6 Å². The summed E-state index contributed by atoms with van der Waals surface area (Å²) in [5, 5.41) is 14.2. The average molecular weight is 1050 g/mol. The van der Waals surface area contributed by atoms with E-state index in [2.05, 4.69) is 90.7 Å². The number of aliphatic hydroxyl groups excluding tert-OH is 1. The van der Waals surface area contributed by atoms with Gasteiger partial charge in [-0.2, -0.15) is 0 Å². The molecule has 0 radical (unpaired) electrons. The fourth-order valence-electron chi connectivity index (χ4n) is 10.9. The van der Waals surface area contributed by atoms with Crippen LogP contribution in [0.5, 0.6) is 0 Å². The van der Waals surface area contributed by atoms with E-state index < -0.39 is 11.2 Å². The number of nitrogens with zero attached hydrogens (tertiary/aromatic N) is 7. The van der Waals surface area contributed by atoms with Gasteiger partial charge in [-0.3, -0.25) is 9.80 Å². The Bertz CT molecular complexity index is 2200. The minimum absolute atomic E-state index is 0. The molecule has 4 aliphatic rings. The van der Waals surface area contributed by atoms with Crippen LogP contribution in [0.1, 0.15) is 123 Å². The summed E-state index contributed by atoms with van der Waals surface area (Å²) in [6.45, 7) is 21.7. The molecule has 6 heterocycles. The van der Waals surface area contributed by atoms with Gasteiger partial charge in [0.25, 0.3) is 0 Å². The van der Waals surface area contributed by atoms with Crippen molar-refractivity contribution in [1.82, 2.24) is 29.6 Å². The molecule has 0 aliphatic carbocycles. The van der Waals surface area contributed by atoms with Gasteiger partial charge in [0.05, 0.1) is 0 Å². The first-order valence-corrected chi connectivity index (χ1v) is 25.0. The molecule has 4 aromatic rings. The third-order valence-electron chi connectivity index (χ3n) is 14.2. The second-order valence-corrected chi connectivity index (χ2v) is 20.9. The Morgan fingerprint density at radius 3 is 1.42 bits per heavy atom. The summed E-state index contributed by atoms with van der Waals surface area (Å²) in [5.74, 6) is 2.12. The standard InChI is InChI=1S/C25H36N6O2.C25H38N4O2.C2H6O.CH3.Pd/c1-25(2,3)33-24(32)31-14-10-19(11-15-31)23(17-28-29-26)30-12-8-18(9-13-30)21-16-27-22-7-5-4-6-20(21)22;1-25(2,3)31-24(30)29-14-10-19(11-15-29)23(16-26)28-12-8-18(9-13-28)21-17-27-22-7-5-4-6-20(21)22;1-2-3;;/h4-7,16,18-19,23,27H,8-15,17H2,1-3H3;4-7,17-19,23,27H,8-16,26H2,1-3H3;3H,2H2,1H3;1H3;/q;;;-1;. The first-order valence-electron chi connectivity index (χ1n) is 25.0. The second kappa shape index (κ2) is 26.9. The van der Waals surface area contributed by atoms with E-state index in [-0.39, 0.29) is 52.7 Å². The molecule has 4 fully saturated rings. The molecule has 2 aromatic heterocycles. The van der Waals surface area contributed by atoms with Crippen LogP contribution in [0.2, 0.25) is 0 Å². The molecule has 16 heteroatoms. The molecule has 4 aliphatic heterocycles. The van der Waals surface area contributed by atoms with Crippen LogP contribution in [-0.2, 0) is 29.9 Å². The van der Waals surface area contributed by atoms with Crippen molar-refractivity contribution in [2.75, 3.05) is 72.1 Å². The number of carbonyl (C=O) groups excluding carboxylic acids is 2. The van der Waals surface area contributed by atoms with Crippen LogP contribution in [0.4, 0.5) is 9.59 Å². The maximum Gasteiger partial charge on any atom is 0.410 e. The summed E-state index contributed by atoms with van der Waals surface area (Å²) in [6.07, 6.45) is 12.3. The second-order valence-electron chi connectivity index (χ2n) is 20.9. The number of rotatable bonds is 9. The van der Waals surface area contributed by atoms with Crippen LogP contribution in [0.25, 0.3) is 32.2 Å². The van der Waals surface area contributed by atoms with Crippen molar-refractivity contribution in [2.24, 2.45) is 22.7 Å². The predicted octanol–water partition coefficient (Wildman–Crippen LogP) is 10.4. The van der Waals surface area contributed by atoms with Gasteiger partial charge in [0.1, 0.15) is 11.2 Å². The number of nitrogens with two attached hydrogens (primary N) is 1. The molecule has 4 saturated heterocycles. The summed E-state index contributed by atoms with van der Waals surface area (Å²) in [5.41, 5.74) is 19.6. The van der Waals surface area contributed by atoms with Crippen LogP contribution in [0.3, 0.4) is 0 Å². The first kappa shape index (κ1) is 57.5. The number of aliphatic hydroxyl groups is 1. The number of H-pyrrole nitrogens is 2. The zero-order valence-electron chi connectivity index (χ0n) is 42.8. The Labute approximate surface area is 425 Å². The normalized spacial score (nSPS) is 19.1. The Kier molecular flexibility index (Phi) is 22.4. The summed E-state index contributed by atoms with van der Waals surface area (Å²) in [7, 11) is 0. The quantitative estimate of drug-likeness (QED) is 0.0418. The third-order valence-corrected chi connectivity index (χ3v) is 14.2. The number of benzene rings is 2. The minimum atomic E-state index is -0.479. The van der Waals surface area contributed by atoms with Gasteiger partial charge in [-0.05, 0) is 178 Å². The van der Waals surface area contributed by atoms with Crippen LogP contribution in [0, 0.1) is 19.3 Å². The van der Waals surface area contributed by atoms with Crippen molar-refractivity contribution >= 4 is 34.0 Å². The average Bonchev–Trinajstić information content (AvgIpc) is 3.95. The number of likely N-dealkylation sites (tertiary alicyclic amines) is 4. The summed E-state index contributed by atoms with van der Waals surface area (Å²) in [6, 6.07) is 17.7. The zero-order valence-corrected chi connectivity index (χ0v) is 44.3. The molecule has 386 valence electrons. The topological polar surface area (TPSA) is 192 Å². The number of nitrogens with one attached hydrogen (secondary N) is 2. The number of para-hydroxylation sites is 2. The van der Waals surface area contributed by atoms with Gasteiger partial charge in [0.2, 0.25) is 0 Å². The number of aromatic nitrogens is 2. The number of fused-ring (bicyclic) bond motifs is 2. The molecule has 69 heavy (non-hydrogen) atoms. The van der Waals surface area contributed by atoms with E-state index in [4.69, 9.17) is 25.8 Å². The summed E-state index contributed by atoms with van der Waals surface area (Å²) < 4.78 is 11.1. The van der Waals surface area contributed by atoms with E-state index in [1.807, 2.05) is 51.3 Å². The molecule has 2 amide bonds. The van der Waals surface area contributed by atoms with Crippen molar-refractivity contribution in [1.29, 1.82) is 0 Å². The van der Waals surface area contributed by atoms with E-state index in [1.165, 1.54) is 45.8 Å². The predicted molar refractivity (Wildman–Crippen MR) is 275 cm³/mol. The summed E-state index contributed by atoms with van der Waals surface area (Å²) >= 11 is 0. The van der Waals surface area contributed by atoms with E-state index in [9.17, 15) is 9.59 Å². The number of azide groups is 1. The van der Waals surface area contributed by atoms with Crippen LogP contribution < -0.4 is 5.73 Å². The number of hydrogen-bond acceptors (Lipinski definition) is 9. The zero-order chi connectivity index (χ0) is 48.1. The van der Waals surface area contributed by atoms with Crippen molar-refractivity contribution in [3.63, 3.8) is 0 Å². The molecule has 0 spiro atoms. The van der Waals surface area contributed by atoms with Gasteiger partial charge < -0.3 is 47.5 Å². The molecule has 2 atom stereocenters. The van der Waals surface area contributed by atoms with Crippen LogP contribution in [0.15, 0.2) is 66.0 Å². The molecule has 5 N–H and O–H groups in total. The number of hydrogen-bond donors (Lipinski definition) is 4. The molecule has 0 saturated carbocycles. The molecule has 2 aromatic carbocycles. The molecular weight excluding hydrogens is 963 g/mol. The Morgan fingerprint density at radius 1 is 0.696 bits per heavy atom. The maximum atomic E-state index is 12.4. The Morgan fingerprint density at radius 2 is 1.06 bits per heavy atom. The number of ether oxygens (including phenoxy) is 2. The minimum Gasteiger partial charge on any atom is -0.444 e. The third kappa shape index (κ3) is 15.9. The Hall–Kier alpha value is -4.13. The van der Waals surface area contributed by atoms with Gasteiger partial charge in [-0.15, -0.1) is 0 Å². The van der Waals surface area contributed by atoms with E-state index >= 15 is 0 Å². The first-order chi connectivity index (χ1) is 32.1. The van der Waals surface area contributed by atoms with Crippen molar-refractivity contribution in [2.45, 2.75) is 135 Å². The van der Waals surface area contributed by atoms with Gasteiger partial charge in [0, 0.05) is 117 Å². The van der Waals surface area contributed by atoms with Crippen LogP contribution >= 0.6 is 0 Å². The van der Waals surface area contributed by atoms with E-state index in [1.54, 1.807) is 6.92 Å². The molecule has 8 rings (SSSR count). The van der Waals surface area contributed by atoms with Gasteiger partial charge in [-0.25, -0.2) is 9.59 Å². The van der Waals surface area contributed by atoms with Gasteiger partial charge in [-0.1, -0.05) is 41.5 Å². The fourth-order valence-corrected chi connectivity index (χ4v) is 10.9. The largest absolute Gasteiger partial charge is 0.444 e. The van der Waals surface area contributed by atoms with Gasteiger partial charge in [0.15, 0.2) is 0 Å². The van der Waals surface area contributed by atoms with Gasteiger partial charge >= 0.3 is 12.2 Å². The molecule has 0 bridgehead atoms.